The van der Waals surface area contributed by atoms with Gasteiger partial charge in [-0.25, -0.2) is 18.4 Å². The highest BCUT2D eigenvalue weighted by molar-refractivity contribution is 7.89. The molecule has 188 valence electrons. The third kappa shape index (κ3) is 5.86. The lowest BCUT2D eigenvalue weighted by Gasteiger charge is -2.32. The number of aromatic nitrogens is 2. The molecule has 0 bridgehead atoms. The van der Waals surface area contributed by atoms with Crippen molar-refractivity contribution < 1.29 is 17.6 Å². The molecule has 3 aromatic rings. The van der Waals surface area contributed by atoms with E-state index in [2.05, 4.69) is 20.8 Å². The molecule has 2 aromatic heterocycles. The number of nitriles is 1. The maximum absolute atomic E-state index is 12.7. The number of aryl methyl sites for hydroxylation is 2. The van der Waals surface area contributed by atoms with Crippen LogP contribution in [0.25, 0.3) is 11.5 Å². The number of hydrogen-bond donors (Lipinski definition) is 1. The Bertz CT molecular complexity index is 1410. The Balaban J connectivity index is 1.41. The first-order valence-corrected chi connectivity index (χ1v) is 13.6. The van der Waals surface area contributed by atoms with Crippen molar-refractivity contribution in [2.75, 3.05) is 18.0 Å². The lowest BCUT2D eigenvalue weighted by molar-refractivity contribution is -0.123. The van der Waals surface area contributed by atoms with E-state index < -0.39 is 21.8 Å². The Kier molecular flexibility index (Phi) is 7.62. The molecule has 9 nitrogen and oxygen atoms in total. The standard InChI is InChI=1S/C25H26ClN5O4S/c1-3-21-14-28-25(35-21)22-12-19(13-27)23(29-16(22)2)31-10-8-18(9-11-31)24(32)30-36(33,34)15-17-4-6-20(26)7-5-17/h4-7,12,14,18H,3,8-11,15H2,1-2H3,(H,30,32). The number of sulfonamides is 1. The minimum atomic E-state index is -3.84. The average Bonchev–Trinajstić information content (AvgIpc) is 3.34. The zero-order chi connectivity index (χ0) is 25.9. The zero-order valence-corrected chi connectivity index (χ0v) is 21.6. The van der Waals surface area contributed by atoms with Crippen LogP contribution in [0.15, 0.2) is 40.9 Å². The Morgan fingerprint density at radius 2 is 1.97 bits per heavy atom. The zero-order valence-electron chi connectivity index (χ0n) is 20.0. The van der Waals surface area contributed by atoms with Gasteiger partial charge in [0.1, 0.15) is 17.6 Å². The summed E-state index contributed by atoms with van der Waals surface area (Å²) in [4.78, 5) is 23.6. The molecule has 1 aromatic carbocycles. The van der Waals surface area contributed by atoms with Gasteiger partial charge in [-0.05, 0) is 43.5 Å². The number of benzene rings is 1. The number of nitrogens with zero attached hydrogens (tertiary/aromatic N) is 4. The maximum Gasteiger partial charge on any atom is 0.239 e. The Hall–Kier alpha value is -3.42. The fourth-order valence-electron chi connectivity index (χ4n) is 4.15. The molecule has 1 saturated heterocycles. The molecule has 0 unspecified atom stereocenters. The van der Waals surface area contributed by atoms with E-state index in [1.807, 2.05) is 18.7 Å². The molecule has 0 saturated carbocycles. The van der Waals surface area contributed by atoms with Crippen molar-refractivity contribution in [2.24, 2.45) is 5.92 Å². The average molecular weight is 528 g/mol. The van der Waals surface area contributed by atoms with E-state index in [0.29, 0.717) is 71.5 Å². The quantitative estimate of drug-likeness (QED) is 0.488. The van der Waals surface area contributed by atoms with Crippen molar-refractivity contribution in [1.82, 2.24) is 14.7 Å². The smallest absolute Gasteiger partial charge is 0.239 e. The lowest BCUT2D eigenvalue weighted by atomic mass is 9.96. The van der Waals surface area contributed by atoms with Gasteiger partial charge in [0.2, 0.25) is 21.8 Å². The molecule has 11 heteroatoms. The second-order valence-corrected chi connectivity index (χ2v) is 10.9. The van der Waals surface area contributed by atoms with Gasteiger partial charge < -0.3 is 9.32 Å². The van der Waals surface area contributed by atoms with Crippen LogP contribution >= 0.6 is 11.6 Å². The summed E-state index contributed by atoms with van der Waals surface area (Å²) in [5.41, 5.74) is 2.27. The van der Waals surface area contributed by atoms with E-state index in [0.717, 1.165) is 5.76 Å². The molecule has 0 aliphatic carbocycles. The SMILES string of the molecule is CCc1cnc(-c2cc(C#N)c(N3CCC(C(=O)NS(=O)(=O)Cc4ccc(Cl)cc4)CC3)nc2C)o1. The maximum atomic E-state index is 12.7. The largest absolute Gasteiger partial charge is 0.441 e. The number of amides is 1. The molecule has 0 radical (unpaired) electrons. The van der Waals surface area contributed by atoms with Gasteiger partial charge in [0.05, 0.1) is 28.8 Å². The van der Waals surface area contributed by atoms with Gasteiger partial charge in [-0.15, -0.1) is 0 Å². The van der Waals surface area contributed by atoms with Crippen LogP contribution in [-0.4, -0.2) is 37.4 Å². The van der Waals surface area contributed by atoms with E-state index in [9.17, 15) is 18.5 Å². The van der Waals surface area contributed by atoms with Gasteiger partial charge in [-0.1, -0.05) is 30.7 Å². The second-order valence-electron chi connectivity index (χ2n) is 8.70. The summed E-state index contributed by atoms with van der Waals surface area (Å²) < 4.78 is 32.9. The van der Waals surface area contributed by atoms with Gasteiger partial charge in [0, 0.05) is 30.5 Å². The summed E-state index contributed by atoms with van der Waals surface area (Å²) in [6.07, 6.45) is 3.26. The minimum Gasteiger partial charge on any atom is -0.441 e. The topological polar surface area (TPSA) is 129 Å². The molecular formula is C25H26ClN5O4S. The minimum absolute atomic E-state index is 0.305. The molecule has 0 atom stereocenters. The van der Waals surface area contributed by atoms with Gasteiger partial charge in [0.15, 0.2) is 0 Å². The van der Waals surface area contributed by atoms with Crippen molar-refractivity contribution in [3.8, 4) is 17.5 Å². The first-order valence-electron chi connectivity index (χ1n) is 11.6. The van der Waals surface area contributed by atoms with Gasteiger partial charge in [-0.3, -0.25) is 9.52 Å². The fraction of sp³-hybridized carbons (Fsp3) is 0.360. The molecule has 1 aliphatic heterocycles. The predicted octanol–water partition coefficient (Wildman–Crippen LogP) is 4.00. The van der Waals surface area contributed by atoms with Crippen molar-refractivity contribution in [3.63, 3.8) is 0 Å². The van der Waals surface area contributed by atoms with E-state index in [1.165, 1.54) is 0 Å². The monoisotopic (exact) mass is 527 g/mol. The van der Waals surface area contributed by atoms with E-state index in [1.54, 1.807) is 36.5 Å². The Morgan fingerprint density at radius 1 is 1.28 bits per heavy atom. The van der Waals surface area contributed by atoms with Gasteiger partial charge in [0.25, 0.3) is 0 Å². The first-order chi connectivity index (χ1) is 17.2. The summed E-state index contributed by atoms with van der Waals surface area (Å²) in [7, 11) is -3.84. The number of hydrogen-bond acceptors (Lipinski definition) is 8. The van der Waals surface area contributed by atoms with Crippen molar-refractivity contribution in [3.05, 3.63) is 64.1 Å². The number of rotatable bonds is 7. The number of carbonyl (C=O) groups is 1. The van der Waals surface area contributed by atoms with E-state index >= 15 is 0 Å². The van der Waals surface area contributed by atoms with Crippen LogP contribution in [0.1, 0.15) is 42.3 Å². The number of carbonyl (C=O) groups excluding carboxylic acids is 1. The lowest BCUT2D eigenvalue weighted by Crippen LogP contribution is -2.43. The summed E-state index contributed by atoms with van der Waals surface area (Å²) in [6.45, 7) is 4.74. The number of oxazole rings is 1. The van der Waals surface area contributed by atoms with Crippen LogP contribution in [0.4, 0.5) is 5.82 Å². The molecular weight excluding hydrogens is 502 g/mol. The van der Waals surface area contributed by atoms with Crippen molar-refractivity contribution >= 4 is 33.3 Å². The highest BCUT2D eigenvalue weighted by atomic mass is 35.5. The normalized spacial score (nSPS) is 14.4. The molecule has 3 heterocycles. The molecule has 36 heavy (non-hydrogen) atoms. The number of piperidine rings is 1. The van der Waals surface area contributed by atoms with Crippen molar-refractivity contribution in [2.45, 2.75) is 38.9 Å². The highest BCUT2D eigenvalue weighted by Crippen LogP contribution is 2.30. The number of halogens is 1. The number of nitrogens with one attached hydrogen (secondary N) is 1. The number of pyridine rings is 1. The number of anilines is 1. The molecule has 4 rings (SSSR count). The van der Waals surface area contributed by atoms with Crippen LogP contribution in [0.5, 0.6) is 0 Å². The molecule has 0 spiro atoms. The summed E-state index contributed by atoms with van der Waals surface area (Å²) in [6, 6.07) is 10.4. The van der Waals surface area contributed by atoms with E-state index in [-0.39, 0.29) is 5.75 Å². The molecule has 1 aliphatic rings. The van der Waals surface area contributed by atoms with Crippen LogP contribution in [0.2, 0.25) is 5.02 Å². The Morgan fingerprint density at radius 3 is 2.58 bits per heavy atom. The van der Waals surface area contributed by atoms with Crippen LogP contribution in [0.3, 0.4) is 0 Å². The van der Waals surface area contributed by atoms with Crippen molar-refractivity contribution in [1.29, 1.82) is 5.26 Å². The predicted molar refractivity (Wildman–Crippen MR) is 136 cm³/mol. The highest BCUT2D eigenvalue weighted by Gasteiger charge is 2.29. The summed E-state index contributed by atoms with van der Waals surface area (Å²) >= 11 is 5.84. The molecule has 1 amide bonds. The summed E-state index contributed by atoms with van der Waals surface area (Å²) in [5, 5.41) is 10.3. The molecule has 1 fully saturated rings. The van der Waals surface area contributed by atoms with Crippen LogP contribution in [-0.2, 0) is 27.0 Å². The third-order valence-corrected chi connectivity index (χ3v) is 7.61. The van der Waals surface area contributed by atoms with Crippen LogP contribution < -0.4 is 9.62 Å². The van der Waals surface area contributed by atoms with Gasteiger partial charge >= 0.3 is 0 Å². The van der Waals surface area contributed by atoms with Crippen LogP contribution in [0, 0.1) is 24.2 Å². The third-order valence-electron chi connectivity index (χ3n) is 6.14. The van der Waals surface area contributed by atoms with Gasteiger partial charge in [-0.2, -0.15) is 5.26 Å². The van der Waals surface area contributed by atoms with E-state index in [4.69, 9.17) is 16.0 Å². The Labute approximate surface area is 215 Å². The fourth-order valence-corrected chi connectivity index (χ4v) is 5.46. The summed E-state index contributed by atoms with van der Waals surface area (Å²) in [5.74, 6) is 0.444. The first kappa shape index (κ1) is 25.7. The molecule has 1 N–H and O–H groups in total. The second kappa shape index (κ2) is 10.7.